The van der Waals surface area contributed by atoms with Crippen LogP contribution >= 0.6 is 11.1 Å². The van der Waals surface area contributed by atoms with Crippen LogP contribution in [0.2, 0.25) is 5.54 Å². The lowest BCUT2D eigenvalue weighted by Crippen LogP contribution is -1.97. The number of hydrogen-bond acceptors (Lipinski definition) is 0. The van der Waals surface area contributed by atoms with E-state index < -0.39 is 0 Å². The molecule has 0 nitrogen and oxygen atoms in total. The summed E-state index contributed by atoms with van der Waals surface area (Å²) in [6.07, 6.45) is 8.63. The van der Waals surface area contributed by atoms with Crippen LogP contribution in [-0.2, 0) is 0 Å². The van der Waals surface area contributed by atoms with E-state index in [-0.39, 0.29) is 8.83 Å². The van der Waals surface area contributed by atoms with Gasteiger partial charge in [0.25, 0.3) is 0 Å². The zero-order valence-electron chi connectivity index (χ0n) is 7.06. The van der Waals surface area contributed by atoms with Crippen molar-refractivity contribution >= 4 is 19.9 Å². The number of allylic oxidation sites excluding steroid dienone is 2. The molecule has 64 valence electrons. The lowest BCUT2D eigenvalue weighted by molar-refractivity contribution is 0.693. The van der Waals surface area contributed by atoms with E-state index in [9.17, 15) is 0 Å². The van der Waals surface area contributed by atoms with Crippen molar-refractivity contribution in [2.24, 2.45) is 0 Å². The summed E-state index contributed by atoms with van der Waals surface area (Å²) in [5, 5.41) is 0. The second-order valence-corrected chi connectivity index (χ2v) is 5.14. The normalized spacial score (nSPS) is 11.1. The summed E-state index contributed by atoms with van der Waals surface area (Å²) in [7, 11) is -0.336. The molecule has 0 N–H and O–H groups in total. The van der Waals surface area contributed by atoms with Gasteiger partial charge in [-0.2, -0.15) is 11.1 Å². The van der Waals surface area contributed by atoms with Gasteiger partial charge in [-0.25, -0.2) is 0 Å². The molecule has 0 aliphatic carbocycles. The molecule has 0 atom stereocenters. The van der Waals surface area contributed by atoms with Gasteiger partial charge in [0.2, 0.25) is 0 Å². The first-order valence-electron chi connectivity index (χ1n) is 4.12. The van der Waals surface area contributed by atoms with Gasteiger partial charge in [0.1, 0.15) is 8.83 Å². The van der Waals surface area contributed by atoms with Crippen LogP contribution in [0, 0.1) is 0 Å². The van der Waals surface area contributed by atoms with Crippen LogP contribution in [0.1, 0.15) is 25.7 Å². The van der Waals surface area contributed by atoms with Gasteiger partial charge in [-0.05, 0) is 31.2 Å². The first kappa shape index (κ1) is 11.0. The molecule has 0 unspecified atom stereocenters. The van der Waals surface area contributed by atoms with Crippen LogP contribution in [0.4, 0.5) is 0 Å². The molecule has 11 heavy (non-hydrogen) atoms. The number of hydrogen-bond donors (Lipinski definition) is 0. The van der Waals surface area contributed by atoms with E-state index in [0.717, 1.165) is 18.4 Å². The largest absolute Gasteiger partial charge is 0.176 e. The predicted molar refractivity (Wildman–Crippen MR) is 57.0 cm³/mol. The van der Waals surface area contributed by atoms with Gasteiger partial charge < -0.3 is 0 Å². The smallest absolute Gasteiger partial charge is 0.128 e. The zero-order chi connectivity index (χ0) is 8.53. The first-order valence-corrected chi connectivity index (χ1v) is 7.08. The minimum Gasteiger partial charge on any atom is -0.176 e. The monoisotopic (exact) mass is 188 g/mol. The molecule has 0 heterocycles. The van der Waals surface area contributed by atoms with Crippen molar-refractivity contribution in [3.05, 3.63) is 25.3 Å². The second-order valence-electron chi connectivity index (χ2n) is 2.75. The molecule has 0 amide bonds. The fourth-order valence-electron chi connectivity index (χ4n) is 1.01. The summed E-state index contributed by atoms with van der Waals surface area (Å²) in [4.78, 5) is 0. The molecule has 0 aliphatic rings. The van der Waals surface area contributed by atoms with Crippen molar-refractivity contribution in [1.29, 1.82) is 0 Å². The lowest BCUT2D eigenvalue weighted by atomic mass is 10.1. The molecule has 0 aromatic heterocycles. The Bertz CT molecular complexity index is 100. The van der Waals surface area contributed by atoms with Crippen molar-refractivity contribution < 1.29 is 0 Å². The van der Waals surface area contributed by atoms with Crippen LogP contribution in [0.25, 0.3) is 0 Å². The zero-order valence-corrected chi connectivity index (χ0v) is 9.23. The summed E-state index contributed by atoms with van der Waals surface area (Å²) >= 11 is 5.91. The number of halogens is 1. The fraction of sp³-hybridized carbons (Fsp3) is 0.556. The Kier molecular flexibility index (Phi) is 8.08. The Morgan fingerprint density at radius 1 is 1.18 bits per heavy atom. The molecule has 0 aromatic rings. The fourth-order valence-corrected chi connectivity index (χ4v) is 2.71. The van der Waals surface area contributed by atoms with Crippen LogP contribution in [0.3, 0.4) is 0 Å². The highest BCUT2D eigenvalue weighted by Gasteiger charge is 2.04. The molecule has 0 aromatic carbocycles. The minimum absolute atomic E-state index is 0.336. The van der Waals surface area contributed by atoms with E-state index in [1.165, 1.54) is 12.8 Å². The summed E-state index contributed by atoms with van der Waals surface area (Å²) in [5.41, 5.74) is 0.785. The van der Waals surface area contributed by atoms with Crippen molar-refractivity contribution in [3.63, 3.8) is 0 Å². The third kappa shape index (κ3) is 6.39. The van der Waals surface area contributed by atoms with Crippen molar-refractivity contribution in [2.45, 2.75) is 31.2 Å². The van der Waals surface area contributed by atoms with E-state index in [1.807, 2.05) is 12.2 Å². The Labute approximate surface area is 76.9 Å². The highest BCUT2D eigenvalue weighted by Crippen LogP contribution is 2.20. The molecular formula is C9H17ClSi. The van der Waals surface area contributed by atoms with Gasteiger partial charge in [0, 0.05) is 0 Å². The van der Waals surface area contributed by atoms with Crippen molar-refractivity contribution in [2.75, 3.05) is 0 Å². The SMILES string of the molecule is C=CCCC(CCC=C)[SiH2]Cl. The first-order chi connectivity index (χ1) is 5.35. The standard InChI is InChI=1S/C9H17ClSi/c1-3-5-7-9(11-10)8-6-4-2/h3-4,9H,1-2,5-8,11H2. The van der Waals surface area contributed by atoms with Gasteiger partial charge in [-0.3, -0.25) is 0 Å². The van der Waals surface area contributed by atoms with E-state index >= 15 is 0 Å². The molecule has 0 spiro atoms. The van der Waals surface area contributed by atoms with Crippen LogP contribution in [0.15, 0.2) is 25.3 Å². The Balaban J connectivity index is 3.39. The van der Waals surface area contributed by atoms with Crippen LogP contribution in [-0.4, -0.2) is 8.83 Å². The van der Waals surface area contributed by atoms with Gasteiger partial charge in [0.15, 0.2) is 0 Å². The Morgan fingerprint density at radius 2 is 1.64 bits per heavy atom. The molecule has 0 fully saturated rings. The summed E-state index contributed by atoms with van der Waals surface area (Å²) < 4.78 is 0. The molecule has 0 saturated carbocycles. The highest BCUT2D eigenvalue weighted by atomic mass is 35.6. The summed E-state index contributed by atoms with van der Waals surface area (Å²) in [6.45, 7) is 7.40. The van der Waals surface area contributed by atoms with E-state index in [1.54, 1.807) is 0 Å². The topological polar surface area (TPSA) is 0 Å². The van der Waals surface area contributed by atoms with Crippen molar-refractivity contribution in [3.8, 4) is 0 Å². The van der Waals surface area contributed by atoms with Gasteiger partial charge in [-0.15, -0.1) is 13.2 Å². The summed E-state index contributed by atoms with van der Waals surface area (Å²) in [6, 6.07) is 0. The molecule has 0 radical (unpaired) electrons. The van der Waals surface area contributed by atoms with E-state index in [4.69, 9.17) is 11.1 Å². The van der Waals surface area contributed by atoms with Gasteiger partial charge >= 0.3 is 0 Å². The van der Waals surface area contributed by atoms with E-state index in [0.29, 0.717) is 0 Å². The number of rotatable bonds is 7. The molecule has 0 aliphatic heterocycles. The second kappa shape index (κ2) is 8.09. The third-order valence-corrected chi connectivity index (χ3v) is 4.34. The van der Waals surface area contributed by atoms with Gasteiger partial charge in [-0.1, -0.05) is 12.2 Å². The molecule has 0 saturated heterocycles. The average molecular weight is 189 g/mol. The Hall–Kier alpha value is -0.0131. The maximum atomic E-state index is 5.91. The lowest BCUT2D eigenvalue weighted by Gasteiger charge is -2.09. The van der Waals surface area contributed by atoms with E-state index in [2.05, 4.69) is 13.2 Å². The maximum absolute atomic E-state index is 5.91. The molecular weight excluding hydrogens is 172 g/mol. The summed E-state index contributed by atoms with van der Waals surface area (Å²) in [5.74, 6) is 0. The quantitative estimate of drug-likeness (QED) is 0.328. The predicted octanol–water partition coefficient (Wildman–Crippen LogP) is 3.03. The van der Waals surface area contributed by atoms with Crippen LogP contribution < -0.4 is 0 Å². The molecule has 0 bridgehead atoms. The minimum atomic E-state index is -0.336. The molecule has 2 heteroatoms. The molecule has 0 rings (SSSR count). The van der Waals surface area contributed by atoms with Crippen molar-refractivity contribution in [1.82, 2.24) is 0 Å². The van der Waals surface area contributed by atoms with Crippen LogP contribution in [0.5, 0.6) is 0 Å². The third-order valence-electron chi connectivity index (χ3n) is 1.78. The maximum Gasteiger partial charge on any atom is 0.128 e. The highest BCUT2D eigenvalue weighted by molar-refractivity contribution is 6.94. The van der Waals surface area contributed by atoms with Gasteiger partial charge in [0.05, 0.1) is 0 Å². The Morgan fingerprint density at radius 3 is 1.91 bits per heavy atom. The average Bonchev–Trinajstić information content (AvgIpc) is 2.05.